The quantitative estimate of drug-likeness (QED) is 0.182. The van der Waals surface area contributed by atoms with Crippen molar-refractivity contribution in [1.29, 1.82) is 0 Å². The number of fused-ring (bicyclic) bond motifs is 13. The van der Waals surface area contributed by atoms with E-state index in [0.717, 1.165) is 44.4 Å². The molecule has 0 unspecified atom stereocenters. The zero-order valence-corrected chi connectivity index (χ0v) is 30.3. The first-order valence-electron chi connectivity index (χ1n) is 19.2. The fraction of sp³-hybridized carbons (Fsp3) is 0.0189. The first kappa shape index (κ1) is 31.0. The second-order valence-corrected chi connectivity index (χ2v) is 14.8. The molecule has 2 heterocycles. The molecule has 2 aromatic heterocycles. The Hall–Kier alpha value is -7.36. The second-order valence-electron chi connectivity index (χ2n) is 14.8. The van der Waals surface area contributed by atoms with Gasteiger partial charge in [0.2, 0.25) is 0 Å². The Morgan fingerprint density at radius 2 is 0.839 bits per heavy atom. The lowest BCUT2D eigenvalue weighted by atomic mass is 9.70. The molecule has 0 radical (unpaired) electrons. The molecule has 0 N–H and O–H groups in total. The highest BCUT2D eigenvalue weighted by molar-refractivity contribution is 6.08. The summed E-state index contributed by atoms with van der Waals surface area (Å²) in [5, 5.41) is 0.971. The number of benzene rings is 8. The first-order valence-corrected chi connectivity index (χ1v) is 19.2. The van der Waals surface area contributed by atoms with Gasteiger partial charge in [0.25, 0.3) is 0 Å². The molecule has 8 aromatic carbocycles. The van der Waals surface area contributed by atoms with E-state index in [1.807, 2.05) is 36.4 Å². The van der Waals surface area contributed by atoms with Crippen molar-refractivity contribution in [3.05, 3.63) is 216 Å². The Labute approximate surface area is 324 Å². The summed E-state index contributed by atoms with van der Waals surface area (Å²) < 4.78 is 6.52. The van der Waals surface area contributed by atoms with Gasteiger partial charge in [-0.3, -0.25) is 0 Å². The maximum absolute atomic E-state index is 6.52. The SMILES string of the molecule is c1ccc(-c2nc(-c3ccccc3)c3oc4ccc(-c5ccc(-c6ccc7c(c6)C6(c8ccccc8-c8ccccc86)c6ccccc6-7)cc5)cc4c3n2)cc1. The molecule has 0 aliphatic heterocycles. The number of furan rings is 1. The summed E-state index contributed by atoms with van der Waals surface area (Å²) >= 11 is 0. The lowest BCUT2D eigenvalue weighted by Gasteiger charge is -2.30. The fourth-order valence-electron chi connectivity index (χ4n) is 9.46. The summed E-state index contributed by atoms with van der Waals surface area (Å²) in [6.07, 6.45) is 0. The van der Waals surface area contributed by atoms with Crippen LogP contribution in [0.2, 0.25) is 0 Å². The van der Waals surface area contributed by atoms with Crippen LogP contribution in [0.5, 0.6) is 0 Å². The Morgan fingerprint density at radius 1 is 0.357 bits per heavy atom. The molecule has 0 saturated heterocycles. The molecular weight excluding hydrogens is 681 g/mol. The van der Waals surface area contributed by atoms with E-state index in [-0.39, 0.29) is 5.41 Å². The first-order chi connectivity index (χ1) is 27.8. The molecule has 0 amide bonds. The van der Waals surface area contributed by atoms with Gasteiger partial charge in [-0.05, 0) is 85.0 Å². The van der Waals surface area contributed by atoms with Gasteiger partial charge in [0.05, 0.1) is 5.41 Å². The predicted octanol–water partition coefficient (Wildman–Crippen LogP) is 13.4. The number of hydrogen-bond donors (Lipinski definition) is 0. The van der Waals surface area contributed by atoms with Crippen LogP contribution in [-0.2, 0) is 5.41 Å². The van der Waals surface area contributed by atoms with Crippen LogP contribution in [0, 0.1) is 0 Å². The molecular formula is C53H32N2O. The van der Waals surface area contributed by atoms with Gasteiger partial charge in [0.15, 0.2) is 11.4 Å². The van der Waals surface area contributed by atoms with Crippen molar-refractivity contribution in [2.45, 2.75) is 5.41 Å². The number of hydrogen-bond acceptors (Lipinski definition) is 3. The van der Waals surface area contributed by atoms with Crippen LogP contribution in [0.1, 0.15) is 22.3 Å². The largest absolute Gasteiger partial charge is 0.452 e. The molecule has 0 bridgehead atoms. The minimum atomic E-state index is -0.359. The third kappa shape index (κ3) is 4.34. The van der Waals surface area contributed by atoms with Crippen molar-refractivity contribution in [1.82, 2.24) is 9.97 Å². The minimum Gasteiger partial charge on any atom is -0.452 e. The van der Waals surface area contributed by atoms with Crippen molar-refractivity contribution in [3.63, 3.8) is 0 Å². The van der Waals surface area contributed by atoms with Gasteiger partial charge in [-0.15, -0.1) is 0 Å². The van der Waals surface area contributed by atoms with Crippen LogP contribution in [-0.4, -0.2) is 9.97 Å². The van der Waals surface area contributed by atoms with Crippen LogP contribution >= 0.6 is 0 Å². The summed E-state index contributed by atoms with van der Waals surface area (Å²) in [4.78, 5) is 10.1. The molecule has 3 nitrogen and oxygen atoms in total. The van der Waals surface area contributed by atoms with Crippen LogP contribution in [0.25, 0.3) is 89.2 Å². The second kappa shape index (κ2) is 11.8. The third-order valence-electron chi connectivity index (χ3n) is 11.9. The average Bonchev–Trinajstić information content (AvgIpc) is 3.90. The molecule has 2 aliphatic rings. The maximum atomic E-state index is 6.52. The van der Waals surface area contributed by atoms with Gasteiger partial charge in [0.1, 0.15) is 16.8 Å². The van der Waals surface area contributed by atoms with Crippen molar-refractivity contribution >= 4 is 22.1 Å². The van der Waals surface area contributed by atoms with Gasteiger partial charge in [-0.2, -0.15) is 0 Å². The van der Waals surface area contributed by atoms with E-state index in [1.54, 1.807) is 0 Å². The average molecular weight is 713 g/mol. The van der Waals surface area contributed by atoms with Crippen LogP contribution in [0.3, 0.4) is 0 Å². The normalized spacial score (nSPS) is 13.1. The highest BCUT2D eigenvalue weighted by Crippen LogP contribution is 2.63. The smallest absolute Gasteiger partial charge is 0.180 e. The molecule has 56 heavy (non-hydrogen) atoms. The Balaban J connectivity index is 0.970. The summed E-state index contributed by atoms with van der Waals surface area (Å²) in [6, 6.07) is 69.8. The Bertz CT molecular complexity index is 3120. The van der Waals surface area contributed by atoms with Gasteiger partial charge in [-0.25, -0.2) is 9.97 Å². The molecule has 0 fully saturated rings. The summed E-state index contributed by atoms with van der Waals surface area (Å²) in [5.74, 6) is 0.679. The third-order valence-corrected chi connectivity index (χ3v) is 11.9. The molecule has 3 heteroatoms. The van der Waals surface area contributed by atoms with Crippen molar-refractivity contribution in [3.8, 4) is 67.2 Å². The van der Waals surface area contributed by atoms with E-state index in [1.165, 1.54) is 55.6 Å². The van der Waals surface area contributed by atoms with Gasteiger partial charge < -0.3 is 4.42 Å². The summed E-state index contributed by atoms with van der Waals surface area (Å²) in [7, 11) is 0. The molecule has 0 saturated carbocycles. The maximum Gasteiger partial charge on any atom is 0.180 e. The van der Waals surface area contributed by atoms with E-state index in [0.29, 0.717) is 11.4 Å². The van der Waals surface area contributed by atoms with Crippen molar-refractivity contribution in [2.24, 2.45) is 0 Å². The predicted molar refractivity (Wildman–Crippen MR) is 227 cm³/mol. The highest BCUT2D eigenvalue weighted by atomic mass is 16.3. The standard InChI is InChI=1S/C53H32N2O/c1-3-13-35(14-4-1)49-51-50(55-52(54-49)36-15-5-2-6-16-36)43-31-37(28-30-48(43)56-51)33-23-25-34(26-24-33)38-27-29-42-41-19-9-12-22-46(41)53(47(42)32-38)44-20-10-7-17-39(44)40-18-8-11-21-45(40)53/h1-32H. The zero-order valence-electron chi connectivity index (χ0n) is 30.3. The zero-order chi connectivity index (χ0) is 36.8. The van der Waals surface area contributed by atoms with Gasteiger partial charge >= 0.3 is 0 Å². The molecule has 260 valence electrons. The van der Waals surface area contributed by atoms with E-state index >= 15 is 0 Å². The lowest BCUT2D eigenvalue weighted by molar-refractivity contribution is 0.667. The van der Waals surface area contributed by atoms with Crippen molar-refractivity contribution in [2.75, 3.05) is 0 Å². The van der Waals surface area contributed by atoms with Crippen LogP contribution < -0.4 is 0 Å². The molecule has 10 aromatic rings. The van der Waals surface area contributed by atoms with Gasteiger partial charge in [-0.1, -0.05) is 176 Å². The van der Waals surface area contributed by atoms with E-state index in [9.17, 15) is 0 Å². The van der Waals surface area contributed by atoms with Crippen LogP contribution in [0.15, 0.2) is 199 Å². The number of nitrogens with zero attached hydrogens (tertiary/aromatic N) is 2. The molecule has 0 atom stereocenters. The minimum absolute atomic E-state index is 0.359. The summed E-state index contributed by atoms with van der Waals surface area (Å²) in [5.41, 5.74) is 20.0. The van der Waals surface area contributed by atoms with E-state index < -0.39 is 0 Å². The highest BCUT2D eigenvalue weighted by Gasteiger charge is 2.51. The van der Waals surface area contributed by atoms with Crippen LogP contribution in [0.4, 0.5) is 0 Å². The monoisotopic (exact) mass is 712 g/mol. The molecule has 2 aliphatic carbocycles. The number of aromatic nitrogens is 2. The topological polar surface area (TPSA) is 38.9 Å². The van der Waals surface area contributed by atoms with E-state index in [2.05, 4.69) is 158 Å². The molecule has 1 spiro atoms. The van der Waals surface area contributed by atoms with Gasteiger partial charge in [0, 0.05) is 16.5 Å². The Morgan fingerprint density at radius 3 is 1.45 bits per heavy atom. The molecule has 12 rings (SSSR count). The summed E-state index contributed by atoms with van der Waals surface area (Å²) in [6.45, 7) is 0. The lowest BCUT2D eigenvalue weighted by Crippen LogP contribution is -2.25. The fourth-order valence-corrected chi connectivity index (χ4v) is 9.46. The Kier molecular flexibility index (Phi) is 6.55. The number of rotatable bonds is 4. The van der Waals surface area contributed by atoms with E-state index in [4.69, 9.17) is 14.4 Å². The van der Waals surface area contributed by atoms with Crippen molar-refractivity contribution < 1.29 is 4.42 Å².